The lowest BCUT2D eigenvalue weighted by molar-refractivity contribution is -0.130. The second-order valence-corrected chi connectivity index (χ2v) is 9.29. The minimum atomic E-state index is 0.0561. The van der Waals surface area contributed by atoms with Crippen LogP contribution in [0.15, 0.2) is 78.9 Å². The van der Waals surface area contributed by atoms with Gasteiger partial charge < -0.3 is 19.9 Å². The van der Waals surface area contributed by atoms with Gasteiger partial charge >= 0.3 is 0 Å². The van der Waals surface area contributed by atoms with Crippen molar-refractivity contribution in [2.24, 2.45) is 5.92 Å². The predicted molar refractivity (Wildman–Crippen MR) is 138 cm³/mol. The van der Waals surface area contributed by atoms with Crippen LogP contribution in [0, 0.1) is 5.92 Å². The van der Waals surface area contributed by atoms with E-state index in [9.17, 15) is 9.59 Å². The van der Waals surface area contributed by atoms with Crippen molar-refractivity contribution in [3.05, 3.63) is 90.0 Å². The molecule has 0 bridgehead atoms. The Kier molecular flexibility index (Phi) is 6.70. The summed E-state index contributed by atoms with van der Waals surface area (Å²) in [5, 5.41) is 3.07. The number of carbonyl (C=O) groups is 2. The molecule has 1 saturated heterocycles. The standard InChI is InChI=1S/C29H31N3O3/c1-35-25-13-7-21(8-14-25)19-28(33)32-17-15-31(16-18-32)24-11-9-23(10-12-24)30-29(34)27-20-26(27)22-5-3-2-4-6-22/h2-14,26-27H,15-20H2,1H3,(H,30,34). The summed E-state index contributed by atoms with van der Waals surface area (Å²) in [6, 6.07) is 25.9. The summed E-state index contributed by atoms with van der Waals surface area (Å²) in [6.07, 6.45) is 1.32. The Morgan fingerprint density at radius 3 is 2.23 bits per heavy atom. The Balaban J connectivity index is 1.09. The zero-order valence-corrected chi connectivity index (χ0v) is 20.0. The quantitative estimate of drug-likeness (QED) is 0.560. The molecule has 1 saturated carbocycles. The maximum absolute atomic E-state index is 12.7. The molecule has 1 aliphatic heterocycles. The van der Waals surface area contributed by atoms with Gasteiger partial charge in [0.2, 0.25) is 11.8 Å². The van der Waals surface area contributed by atoms with Crippen LogP contribution in [0.1, 0.15) is 23.5 Å². The number of methoxy groups -OCH3 is 1. The molecule has 35 heavy (non-hydrogen) atoms. The van der Waals surface area contributed by atoms with E-state index in [1.54, 1.807) is 7.11 Å². The third-order valence-corrected chi connectivity index (χ3v) is 7.00. The molecule has 1 heterocycles. The smallest absolute Gasteiger partial charge is 0.228 e. The molecule has 3 aromatic rings. The molecule has 180 valence electrons. The molecule has 1 N–H and O–H groups in total. The summed E-state index contributed by atoms with van der Waals surface area (Å²) >= 11 is 0. The van der Waals surface area contributed by atoms with Crippen LogP contribution >= 0.6 is 0 Å². The molecule has 2 unspecified atom stereocenters. The number of nitrogens with one attached hydrogen (secondary N) is 1. The third-order valence-electron chi connectivity index (χ3n) is 7.00. The maximum Gasteiger partial charge on any atom is 0.228 e. The van der Waals surface area contributed by atoms with Gasteiger partial charge in [-0.25, -0.2) is 0 Å². The number of anilines is 2. The molecule has 3 aromatic carbocycles. The highest BCUT2D eigenvalue weighted by Crippen LogP contribution is 2.47. The molecular weight excluding hydrogens is 438 g/mol. The number of benzene rings is 3. The van der Waals surface area contributed by atoms with Gasteiger partial charge in [0.1, 0.15) is 5.75 Å². The number of hydrogen-bond donors (Lipinski definition) is 1. The van der Waals surface area contributed by atoms with Crippen molar-refractivity contribution in [2.45, 2.75) is 18.8 Å². The lowest BCUT2D eigenvalue weighted by Crippen LogP contribution is -2.49. The Hall–Kier alpha value is -3.80. The van der Waals surface area contributed by atoms with E-state index >= 15 is 0 Å². The average molecular weight is 470 g/mol. The van der Waals surface area contributed by atoms with Crippen molar-refractivity contribution in [1.29, 1.82) is 0 Å². The van der Waals surface area contributed by atoms with Crippen LogP contribution in [0.25, 0.3) is 0 Å². The van der Waals surface area contributed by atoms with Crippen molar-refractivity contribution in [3.8, 4) is 5.75 Å². The highest BCUT2D eigenvalue weighted by atomic mass is 16.5. The van der Waals surface area contributed by atoms with Gasteiger partial charge in [-0.05, 0) is 59.9 Å². The maximum atomic E-state index is 12.7. The molecule has 6 heteroatoms. The SMILES string of the molecule is COc1ccc(CC(=O)N2CCN(c3ccc(NC(=O)C4CC4c4ccccc4)cc3)CC2)cc1. The number of rotatable bonds is 7. The third kappa shape index (κ3) is 5.48. The van der Waals surface area contributed by atoms with Crippen molar-refractivity contribution in [2.75, 3.05) is 43.5 Å². The number of hydrogen-bond acceptors (Lipinski definition) is 4. The zero-order valence-electron chi connectivity index (χ0n) is 20.0. The summed E-state index contributed by atoms with van der Waals surface area (Å²) in [6.45, 7) is 2.99. The van der Waals surface area contributed by atoms with Gasteiger partial charge in [-0.3, -0.25) is 9.59 Å². The van der Waals surface area contributed by atoms with Crippen molar-refractivity contribution < 1.29 is 14.3 Å². The largest absolute Gasteiger partial charge is 0.497 e. The molecule has 2 amide bonds. The van der Waals surface area contributed by atoms with Gasteiger partial charge in [0.05, 0.1) is 13.5 Å². The fourth-order valence-corrected chi connectivity index (χ4v) is 4.79. The second-order valence-electron chi connectivity index (χ2n) is 9.29. The highest BCUT2D eigenvalue weighted by molar-refractivity contribution is 5.95. The van der Waals surface area contributed by atoms with E-state index in [-0.39, 0.29) is 17.7 Å². The molecule has 0 radical (unpaired) electrons. The van der Waals surface area contributed by atoms with E-state index in [1.807, 2.05) is 71.6 Å². The van der Waals surface area contributed by atoms with Crippen LogP contribution in [-0.4, -0.2) is 50.0 Å². The Labute approximate surface area is 206 Å². The summed E-state index contributed by atoms with van der Waals surface area (Å²) in [5.74, 6) is 1.43. The van der Waals surface area contributed by atoms with Crippen LogP contribution in [-0.2, 0) is 16.0 Å². The lowest BCUT2D eigenvalue weighted by Gasteiger charge is -2.36. The molecule has 1 aliphatic carbocycles. The second kappa shape index (κ2) is 10.2. The van der Waals surface area contributed by atoms with Crippen LogP contribution in [0.4, 0.5) is 11.4 Å². The molecule has 0 aromatic heterocycles. The molecule has 6 nitrogen and oxygen atoms in total. The van der Waals surface area contributed by atoms with Crippen LogP contribution in [0.2, 0.25) is 0 Å². The molecule has 2 aliphatic rings. The van der Waals surface area contributed by atoms with Gasteiger partial charge in [-0.15, -0.1) is 0 Å². The monoisotopic (exact) mass is 469 g/mol. The fourth-order valence-electron chi connectivity index (χ4n) is 4.79. The summed E-state index contributed by atoms with van der Waals surface area (Å²) in [7, 11) is 1.64. The molecular formula is C29H31N3O3. The fraction of sp³-hybridized carbons (Fsp3) is 0.310. The van der Waals surface area contributed by atoms with Gasteiger partial charge in [0.25, 0.3) is 0 Å². The first kappa shape index (κ1) is 23.0. The molecule has 5 rings (SSSR count). The predicted octanol–water partition coefficient (Wildman–Crippen LogP) is 4.33. The van der Waals surface area contributed by atoms with Crippen molar-refractivity contribution in [3.63, 3.8) is 0 Å². The van der Waals surface area contributed by atoms with Crippen molar-refractivity contribution in [1.82, 2.24) is 4.90 Å². The molecule has 2 atom stereocenters. The van der Waals surface area contributed by atoms with Gasteiger partial charge in [-0.2, -0.15) is 0 Å². The number of piperazine rings is 1. The summed E-state index contributed by atoms with van der Waals surface area (Å²) in [4.78, 5) is 29.6. The van der Waals surface area contributed by atoms with Crippen molar-refractivity contribution >= 4 is 23.2 Å². The zero-order chi connectivity index (χ0) is 24.2. The minimum absolute atomic E-state index is 0.0561. The van der Waals surface area contributed by atoms with Gasteiger partial charge in [-0.1, -0.05) is 42.5 Å². The number of ether oxygens (including phenoxy) is 1. The lowest BCUT2D eigenvalue weighted by atomic mass is 10.1. The van der Waals surface area contributed by atoms with Gasteiger partial charge in [0, 0.05) is 43.5 Å². The highest BCUT2D eigenvalue weighted by Gasteiger charge is 2.43. The van der Waals surface area contributed by atoms with Crippen LogP contribution in [0.3, 0.4) is 0 Å². The Bertz CT molecular complexity index is 1150. The summed E-state index contributed by atoms with van der Waals surface area (Å²) < 4.78 is 5.18. The molecule has 0 spiro atoms. The Morgan fingerprint density at radius 1 is 0.886 bits per heavy atom. The van der Waals surface area contributed by atoms with Crippen LogP contribution in [0.5, 0.6) is 5.75 Å². The van der Waals surface area contributed by atoms with E-state index in [1.165, 1.54) is 5.56 Å². The minimum Gasteiger partial charge on any atom is -0.497 e. The van der Waals surface area contributed by atoms with E-state index in [0.29, 0.717) is 25.4 Å². The number of nitrogens with zero attached hydrogens (tertiary/aromatic N) is 2. The Morgan fingerprint density at radius 2 is 1.57 bits per heavy atom. The first-order valence-electron chi connectivity index (χ1n) is 12.2. The van der Waals surface area contributed by atoms with Gasteiger partial charge in [0.15, 0.2) is 0 Å². The normalized spacial score (nSPS) is 19.2. The van der Waals surface area contributed by atoms with E-state index in [2.05, 4.69) is 22.3 Å². The number of amides is 2. The van der Waals surface area contributed by atoms with E-state index in [0.717, 1.165) is 42.2 Å². The number of carbonyl (C=O) groups excluding carboxylic acids is 2. The van der Waals surface area contributed by atoms with Crippen LogP contribution < -0.4 is 15.0 Å². The average Bonchev–Trinajstić information content (AvgIpc) is 3.72. The first-order valence-corrected chi connectivity index (χ1v) is 12.2. The van der Waals surface area contributed by atoms with E-state index < -0.39 is 0 Å². The summed E-state index contributed by atoms with van der Waals surface area (Å²) in [5.41, 5.74) is 4.17. The topological polar surface area (TPSA) is 61.9 Å². The van der Waals surface area contributed by atoms with E-state index in [4.69, 9.17) is 4.74 Å². The molecule has 2 fully saturated rings. The first-order chi connectivity index (χ1) is 17.1.